The maximum absolute atomic E-state index is 11.1. The molecule has 1 rings (SSSR count). The predicted octanol–water partition coefficient (Wildman–Crippen LogP) is -0.849. The number of rotatable bonds is 3. The second-order valence-electron chi connectivity index (χ2n) is 2.75. The fourth-order valence-electron chi connectivity index (χ4n) is 1.04. The van der Waals surface area contributed by atoms with Gasteiger partial charge in [0.25, 0.3) is 0 Å². The summed E-state index contributed by atoms with van der Waals surface area (Å²) in [5.41, 5.74) is 0. The van der Waals surface area contributed by atoms with Crippen LogP contribution >= 0.6 is 0 Å². The lowest BCUT2D eigenvalue weighted by molar-refractivity contribution is -0.136. The van der Waals surface area contributed by atoms with Crippen LogP contribution < -0.4 is 0 Å². The Kier molecular flexibility index (Phi) is 3.92. The summed E-state index contributed by atoms with van der Waals surface area (Å²) in [6.07, 6.45) is -1.13. The smallest absolute Gasteiger partial charge is 0.423 e. The van der Waals surface area contributed by atoms with E-state index in [1.54, 1.807) is 0 Å². The zero-order valence-corrected chi connectivity index (χ0v) is 8.45. The average molecular weight is 234 g/mol. The van der Waals surface area contributed by atoms with E-state index in [1.807, 2.05) is 0 Å². The van der Waals surface area contributed by atoms with Gasteiger partial charge in [0.1, 0.15) is 6.61 Å². The summed E-state index contributed by atoms with van der Waals surface area (Å²) in [6.45, 7) is -0.369. The van der Waals surface area contributed by atoms with Crippen LogP contribution in [0.5, 0.6) is 0 Å². The molecule has 3 amide bonds. The van der Waals surface area contributed by atoms with Crippen LogP contribution in [-0.2, 0) is 25.4 Å². The molecule has 0 spiro atoms. The van der Waals surface area contributed by atoms with E-state index in [1.165, 1.54) is 0 Å². The Bertz CT molecular complexity index is 311. The van der Waals surface area contributed by atoms with Gasteiger partial charge in [-0.1, -0.05) is 11.1 Å². The SMILES string of the molecule is O=C1CCC(=O)N1C(=O)OCCS(=O)[O-]. The maximum atomic E-state index is 11.1. The highest BCUT2D eigenvalue weighted by atomic mass is 32.2. The molecule has 0 N–H and O–H groups in total. The molecule has 84 valence electrons. The quantitative estimate of drug-likeness (QED) is 0.465. The van der Waals surface area contributed by atoms with E-state index >= 15 is 0 Å². The fraction of sp³-hybridized carbons (Fsp3) is 0.571. The Morgan fingerprint density at radius 1 is 1.40 bits per heavy atom. The van der Waals surface area contributed by atoms with Crippen LogP contribution in [0.2, 0.25) is 0 Å². The highest BCUT2D eigenvalue weighted by Crippen LogP contribution is 2.12. The molecule has 1 aliphatic heterocycles. The fourth-order valence-corrected chi connectivity index (χ4v) is 1.26. The van der Waals surface area contributed by atoms with Gasteiger partial charge in [0, 0.05) is 18.6 Å². The molecular formula is C7H8NO6S-. The van der Waals surface area contributed by atoms with E-state index in [2.05, 4.69) is 4.74 Å². The number of carbonyl (C=O) groups excluding carboxylic acids is 3. The Balaban J connectivity index is 2.43. The molecule has 0 aromatic rings. The Morgan fingerprint density at radius 3 is 2.40 bits per heavy atom. The minimum absolute atomic E-state index is 0.0125. The van der Waals surface area contributed by atoms with Gasteiger partial charge in [-0.2, -0.15) is 4.90 Å². The summed E-state index contributed by atoms with van der Waals surface area (Å²) in [5.74, 6) is -1.59. The Hall–Kier alpha value is -1.28. The van der Waals surface area contributed by atoms with Gasteiger partial charge in [-0.25, -0.2) is 4.79 Å². The van der Waals surface area contributed by atoms with Gasteiger partial charge in [-0.05, 0) is 0 Å². The van der Waals surface area contributed by atoms with Gasteiger partial charge >= 0.3 is 6.09 Å². The number of hydrogen-bond acceptors (Lipinski definition) is 6. The summed E-state index contributed by atoms with van der Waals surface area (Å²) in [4.78, 5) is 33.5. The minimum atomic E-state index is -2.32. The molecule has 0 aromatic heterocycles. The maximum Gasteiger partial charge on any atom is 0.423 e. The third kappa shape index (κ3) is 3.10. The Labute approximate surface area is 87.7 Å². The van der Waals surface area contributed by atoms with Gasteiger partial charge < -0.3 is 9.29 Å². The van der Waals surface area contributed by atoms with Gasteiger partial charge in [-0.15, -0.1) is 0 Å². The first-order valence-electron chi connectivity index (χ1n) is 4.11. The van der Waals surface area contributed by atoms with Crippen molar-refractivity contribution in [2.75, 3.05) is 12.4 Å². The monoisotopic (exact) mass is 234 g/mol. The number of carbonyl (C=O) groups is 3. The van der Waals surface area contributed by atoms with E-state index in [9.17, 15) is 23.1 Å². The van der Waals surface area contributed by atoms with Crippen LogP contribution in [0.3, 0.4) is 0 Å². The first kappa shape index (κ1) is 11.8. The lowest BCUT2D eigenvalue weighted by atomic mass is 10.4. The van der Waals surface area contributed by atoms with Crippen molar-refractivity contribution in [3.8, 4) is 0 Å². The number of hydrogen-bond donors (Lipinski definition) is 0. The molecule has 7 nitrogen and oxygen atoms in total. The van der Waals surface area contributed by atoms with Crippen LogP contribution in [0.1, 0.15) is 12.8 Å². The van der Waals surface area contributed by atoms with E-state index < -0.39 is 29.0 Å². The highest BCUT2D eigenvalue weighted by Gasteiger charge is 2.35. The topological polar surface area (TPSA) is 104 Å². The molecule has 0 aliphatic carbocycles. The molecule has 8 heteroatoms. The first-order chi connectivity index (χ1) is 7.02. The summed E-state index contributed by atoms with van der Waals surface area (Å²) >= 11 is -2.32. The average Bonchev–Trinajstić information content (AvgIpc) is 2.45. The van der Waals surface area contributed by atoms with Crippen molar-refractivity contribution in [2.24, 2.45) is 0 Å². The second-order valence-corrected chi connectivity index (χ2v) is 3.76. The van der Waals surface area contributed by atoms with Crippen molar-refractivity contribution >= 4 is 29.0 Å². The molecule has 1 heterocycles. The second kappa shape index (κ2) is 4.99. The predicted molar refractivity (Wildman–Crippen MR) is 46.2 cm³/mol. The lowest BCUT2D eigenvalue weighted by Crippen LogP contribution is -2.36. The number of ether oxygens (including phenoxy) is 1. The molecule has 1 fully saturated rings. The molecule has 1 aliphatic rings. The highest BCUT2D eigenvalue weighted by molar-refractivity contribution is 7.79. The lowest BCUT2D eigenvalue weighted by Gasteiger charge is -2.12. The van der Waals surface area contributed by atoms with Crippen molar-refractivity contribution in [3.63, 3.8) is 0 Å². The van der Waals surface area contributed by atoms with E-state index in [0.29, 0.717) is 4.90 Å². The van der Waals surface area contributed by atoms with E-state index in [4.69, 9.17) is 0 Å². The van der Waals surface area contributed by atoms with Gasteiger partial charge in [0.05, 0.1) is 0 Å². The molecule has 1 saturated heterocycles. The van der Waals surface area contributed by atoms with Crippen molar-refractivity contribution in [1.82, 2.24) is 4.90 Å². The third-order valence-electron chi connectivity index (χ3n) is 1.71. The molecule has 0 bridgehead atoms. The molecule has 0 saturated carbocycles. The third-order valence-corrected chi connectivity index (χ3v) is 2.21. The van der Waals surface area contributed by atoms with Crippen molar-refractivity contribution in [1.29, 1.82) is 0 Å². The minimum Gasteiger partial charge on any atom is -0.772 e. The standard InChI is InChI=1S/C7H9NO6S/c9-5-1-2-6(10)8(5)7(11)14-3-4-15(12)13/h1-4H2,(H,12,13)/p-1. The zero-order valence-electron chi connectivity index (χ0n) is 7.63. The molecule has 0 radical (unpaired) electrons. The Morgan fingerprint density at radius 2 is 1.93 bits per heavy atom. The first-order valence-corrected chi connectivity index (χ1v) is 5.35. The van der Waals surface area contributed by atoms with Crippen LogP contribution in [0, 0.1) is 0 Å². The van der Waals surface area contributed by atoms with Gasteiger partial charge in [0.15, 0.2) is 0 Å². The molecule has 0 aromatic carbocycles. The molecule has 1 atom stereocenters. The van der Waals surface area contributed by atoms with Crippen LogP contribution in [0.4, 0.5) is 4.79 Å². The van der Waals surface area contributed by atoms with E-state index in [-0.39, 0.29) is 25.2 Å². The van der Waals surface area contributed by atoms with Crippen molar-refractivity contribution in [3.05, 3.63) is 0 Å². The summed E-state index contributed by atoms with van der Waals surface area (Å²) < 4.78 is 24.6. The summed E-state index contributed by atoms with van der Waals surface area (Å²) in [5, 5.41) is 0. The van der Waals surface area contributed by atoms with Gasteiger partial charge in [-0.3, -0.25) is 13.8 Å². The zero-order chi connectivity index (χ0) is 11.4. The number of likely N-dealkylation sites (tertiary alicyclic amines) is 1. The number of nitrogens with zero attached hydrogens (tertiary/aromatic N) is 1. The summed E-state index contributed by atoms with van der Waals surface area (Å²) in [6, 6.07) is 0. The molecular weight excluding hydrogens is 226 g/mol. The van der Waals surface area contributed by atoms with Crippen molar-refractivity contribution in [2.45, 2.75) is 12.8 Å². The number of amides is 3. The van der Waals surface area contributed by atoms with E-state index in [0.717, 1.165) is 0 Å². The van der Waals surface area contributed by atoms with Crippen LogP contribution in [-0.4, -0.2) is 43.9 Å². The molecule has 1 unspecified atom stereocenters. The van der Waals surface area contributed by atoms with Crippen molar-refractivity contribution < 1.29 is 27.9 Å². The largest absolute Gasteiger partial charge is 0.772 e. The molecule has 15 heavy (non-hydrogen) atoms. The normalized spacial score (nSPS) is 18.1. The number of imide groups is 3. The van der Waals surface area contributed by atoms with Crippen LogP contribution in [0.15, 0.2) is 0 Å². The van der Waals surface area contributed by atoms with Crippen LogP contribution in [0.25, 0.3) is 0 Å². The van der Waals surface area contributed by atoms with Gasteiger partial charge in [0.2, 0.25) is 11.8 Å². The summed E-state index contributed by atoms with van der Waals surface area (Å²) in [7, 11) is 0.